The van der Waals surface area contributed by atoms with Crippen molar-refractivity contribution in [3.63, 3.8) is 0 Å². The Labute approximate surface area is 131 Å². The number of nitrogens with one attached hydrogen (secondary N) is 1. The van der Waals surface area contributed by atoms with E-state index in [4.69, 9.17) is 4.74 Å². The first kappa shape index (κ1) is 14.9. The average Bonchev–Trinajstić information content (AvgIpc) is 3.19. The monoisotopic (exact) mass is 328 g/mol. The molecule has 3 aliphatic heterocycles. The SMILES string of the molecule is O=C1CCC2(CN(S(=O)(=O)CC3CCCC(C4CC4)O3)C2)N1. The van der Waals surface area contributed by atoms with Gasteiger partial charge in [0, 0.05) is 19.5 Å². The number of sulfonamides is 1. The minimum Gasteiger partial charge on any atom is -0.374 e. The summed E-state index contributed by atoms with van der Waals surface area (Å²) in [6, 6.07) is 0. The zero-order chi connectivity index (χ0) is 15.4. The molecule has 4 aliphatic rings. The number of hydrogen-bond donors (Lipinski definition) is 1. The summed E-state index contributed by atoms with van der Waals surface area (Å²) in [4.78, 5) is 11.3. The molecule has 2 atom stereocenters. The van der Waals surface area contributed by atoms with E-state index in [-0.39, 0.29) is 29.4 Å². The first-order valence-electron chi connectivity index (χ1n) is 8.40. The molecule has 1 spiro atoms. The fraction of sp³-hybridized carbons (Fsp3) is 0.933. The number of hydrogen-bond acceptors (Lipinski definition) is 4. The molecule has 1 saturated carbocycles. The van der Waals surface area contributed by atoms with Crippen molar-refractivity contribution in [2.75, 3.05) is 18.8 Å². The Hall–Kier alpha value is -0.660. The molecule has 0 aromatic heterocycles. The van der Waals surface area contributed by atoms with Crippen molar-refractivity contribution in [2.45, 2.75) is 62.7 Å². The van der Waals surface area contributed by atoms with Crippen LogP contribution >= 0.6 is 0 Å². The van der Waals surface area contributed by atoms with Crippen LogP contribution in [-0.4, -0.2) is 55.2 Å². The molecule has 1 aliphatic carbocycles. The topological polar surface area (TPSA) is 75.7 Å². The van der Waals surface area contributed by atoms with E-state index in [9.17, 15) is 13.2 Å². The Bertz CT molecular complexity index is 566. The molecule has 0 aromatic rings. The highest BCUT2D eigenvalue weighted by Gasteiger charge is 2.52. The fourth-order valence-electron chi connectivity index (χ4n) is 4.04. The van der Waals surface area contributed by atoms with Gasteiger partial charge in [-0.2, -0.15) is 4.31 Å². The van der Waals surface area contributed by atoms with Crippen molar-refractivity contribution >= 4 is 15.9 Å². The van der Waals surface area contributed by atoms with Gasteiger partial charge in [-0.25, -0.2) is 8.42 Å². The van der Waals surface area contributed by atoms with Crippen molar-refractivity contribution in [2.24, 2.45) is 5.92 Å². The minimum absolute atomic E-state index is 0.0416. The molecule has 6 nitrogen and oxygen atoms in total. The first-order chi connectivity index (χ1) is 10.5. The van der Waals surface area contributed by atoms with Crippen LogP contribution in [0.3, 0.4) is 0 Å². The Morgan fingerprint density at radius 1 is 1.23 bits per heavy atom. The molecule has 1 N–H and O–H groups in total. The number of carbonyl (C=O) groups excluding carboxylic acids is 1. The van der Waals surface area contributed by atoms with Gasteiger partial charge in [0.05, 0.1) is 23.5 Å². The summed E-state index contributed by atoms with van der Waals surface area (Å²) in [6.07, 6.45) is 6.87. The number of carbonyl (C=O) groups is 1. The highest BCUT2D eigenvalue weighted by molar-refractivity contribution is 7.89. The molecule has 2 unspecified atom stereocenters. The third-order valence-electron chi connectivity index (χ3n) is 5.51. The molecule has 3 heterocycles. The number of amides is 1. The summed E-state index contributed by atoms with van der Waals surface area (Å²) in [5.41, 5.74) is -0.284. The van der Waals surface area contributed by atoms with Crippen molar-refractivity contribution in [1.29, 1.82) is 0 Å². The molecule has 7 heteroatoms. The Balaban J connectivity index is 1.33. The lowest BCUT2D eigenvalue weighted by Crippen LogP contribution is -2.68. The lowest BCUT2D eigenvalue weighted by atomic mass is 9.91. The molecule has 3 saturated heterocycles. The summed E-state index contributed by atoms with van der Waals surface area (Å²) in [6.45, 7) is 0.861. The Morgan fingerprint density at radius 3 is 2.64 bits per heavy atom. The number of ether oxygens (including phenoxy) is 1. The molecule has 4 rings (SSSR count). The van der Waals surface area contributed by atoms with E-state index in [1.165, 1.54) is 17.1 Å². The van der Waals surface area contributed by atoms with Gasteiger partial charge in [-0.05, 0) is 44.4 Å². The standard InChI is InChI=1S/C15H24N2O4S/c18-14-6-7-15(16-14)9-17(10-15)22(19,20)8-12-2-1-3-13(21-12)11-4-5-11/h11-13H,1-10H2,(H,16,18). The van der Waals surface area contributed by atoms with Gasteiger partial charge in [0.2, 0.25) is 15.9 Å². The van der Waals surface area contributed by atoms with E-state index in [1.807, 2.05) is 0 Å². The molecule has 0 radical (unpaired) electrons. The lowest BCUT2D eigenvalue weighted by Gasteiger charge is -2.47. The van der Waals surface area contributed by atoms with E-state index in [0.717, 1.165) is 25.7 Å². The van der Waals surface area contributed by atoms with E-state index < -0.39 is 10.0 Å². The summed E-state index contributed by atoms with van der Waals surface area (Å²) < 4.78 is 32.6. The van der Waals surface area contributed by atoms with Crippen molar-refractivity contribution in [3.05, 3.63) is 0 Å². The van der Waals surface area contributed by atoms with Gasteiger partial charge in [0.15, 0.2) is 0 Å². The Morgan fingerprint density at radius 2 is 2.00 bits per heavy atom. The largest absolute Gasteiger partial charge is 0.374 e. The molecule has 4 fully saturated rings. The van der Waals surface area contributed by atoms with Crippen molar-refractivity contribution in [3.8, 4) is 0 Å². The summed E-state index contributed by atoms with van der Waals surface area (Å²) >= 11 is 0. The van der Waals surface area contributed by atoms with E-state index in [0.29, 0.717) is 25.4 Å². The summed E-state index contributed by atoms with van der Waals surface area (Å²) in [7, 11) is -3.28. The van der Waals surface area contributed by atoms with E-state index >= 15 is 0 Å². The molecular weight excluding hydrogens is 304 g/mol. The van der Waals surface area contributed by atoms with Crippen LogP contribution in [-0.2, 0) is 19.6 Å². The van der Waals surface area contributed by atoms with Gasteiger partial charge >= 0.3 is 0 Å². The normalized spacial score (nSPS) is 35.4. The molecular formula is C15H24N2O4S. The molecule has 1 amide bonds. The lowest BCUT2D eigenvalue weighted by molar-refractivity contribution is -0.120. The van der Waals surface area contributed by atoms with E-state index in [1.54, 1.807) is 0 Å². The second-order valence-corrected chi connectivity index (χ2v) is 9.45. The summed E-state index contributed by atoms with van der Waals surface area (Å²) in [5, 5.41) is 2.93. The van der Waals surface area contributed by atoms with Gasteiger partial charge in [-0.3, -0.25) is 4.79 Å². The second-order valence-electron chi connectivity index (χ2n) is 7.44. The number of rotatable bonds is 4. The maximum Gasteiger partial charge on any atom is 0.220 e. The highest BCUT2D eigenvalue weighted by Crippen LogP contribution is 2.40. The Kier molecular flexibility index (Phi) is 3.51. The minimum atomic E-state index is -3.28. The van der Waals surface area contributed by atoms with Gasteiger partial charge in [-0.1, -0.05) is 0 Å². The summed E-state index contributed by atoms with van der Waals surface area (Å²) in [5.74, 6) is 0.812. The molecule has 22 heavy (non-hydrogen) atoms. The van der Waals surface area contributed by atoms with Crippen LogP contribution in [0.25, 0.3) is 0 Å². The van der Waals surface area contributed by atoms with E-state index in [2.05, 4.69) is 5.32 Å². The van der Waals surface area contributed by atoms with Crippen LogP contribution in [0, 0.1) is 5.92 Å². The van der Waals surface area contributed by atoms with Gasteiger partial charge < -0.3 is 10.1 Å². The molecule has 0 bridgehead atoms. The van der Waals surface area contributed by atoms with Gasteiger partial charge in [0.1, 0.15) is 0 Å². The quantitative estimate of drug-likeness (QED) is 0.821. The van der Waals surface area contributed by atoms with Crippen LogP contribution in [0.15, 0.2) is 0 Å². The molecule has 0 aromatic carbocycles. The second kappa shape index (κ2) is 5.18. The van der Waals surface area contributed by atoms with Crippen molar-refractivity contribution < 1.29 is 17.9 Å². The van der Waals surface area contributed by atoms with Crippen LogP contribution in [0.4, 0.5) is 0 Å². The highest BCUT2D eigenvalue weighted by atomic mass is 32.2. The molecule has 124 valence electrons. The van der Waals surface area contributed by atoms with Crippen molar-refractivity contribution in [1.82, 2.24) is 9.62 Å². The van der Waals surface area contributed by atoms with Crippen LogP contribution < -0.4 is 5.32 Å². The zero-order valence-corrected chi connectivity index (χ0v) is 13.6. The third kappa shape index (κ3) is 2.78. The van der Waals surface area contributed by atoms with Crippen LogP contribution in [0.5, 0.6) is 0 Å². The van der Waals surface area contributed by atoms with Gasteiger partial charge in [-0.15, -0.1) is 0 Å². The zero-order valence-electron chi connectivity index (χ0n) is 12.8. The number of nitrogens with zero attached hydrogens (tertiary/aromatic N) is 1. The van der Waals surface area contributed by atoms with Gasteiger partial charge in [0.25, 0.3) is 0 Å². The average molecular weight is 328 g/mol. The van der Waals surface area contributed by atoms with Crippen LogP contribution in [0.2, 0.25) is 0 Å². The first-order valence-corrected chi connectivity index (χ1v) is 10.0. The predicted octanol–water partition coefficient (Wildman–Crippen LogP) is 0.628. The predicted molar refractivity (Wildman–Crippen MR) is 80.7 cm³/mol. The maximum atomic E-state index is 12.5. The fourth-order valence-corrected chi connectivity index (χ4v) is 5.86. The third-order valence-corrected chi connectivity index (χ3v) is 7.35. The smallest absolute Gasteiger partial charge is 0.220 e. The maximum absolute atomic E-state index is 12.5. The van der Waals surface area contributed by atoms with Crippen LogP contribution in [0.1, 0.15) is 44.9 Å².